The fraction of sp³-hybridized carbons (Fsp3) is 0.875. The van der Waals surface area contributed by atoms with Crippen molar-refractivity contribution in [2.45, 2.75) is 130 Å². The van der Waals surface area contributed by atoms with E-state index in [1.54, 1.807) is 0 Å². The number of carbonyl (C=O) groups is 3. The van der Waals surface area contributed by atoms with Gasteiger partial charge in [0.2, 0.25) is 0 Å². The molecule has 0 saturated carbocycles. The molecule has 0 aromatic rings. The van der Waals surface area contributed by atoms with Gasteiger partial charge in [-0.05, 0) is 13.3 Å². The van der Waals surface area contributed by atoms with Crippen molar-refractivity contribution in [3.63, 3.8) is 0 Å². The van der Waals surface area contributed by atoms with E-state index in [-0.39, 0.29) is 43.5 Å². The van der Waals surface area contributed by atoms with Crippen LogP contribution < -0.4 is 10.2 Å². The van der Waals surface area contributed by atoms with Crippen molar-refractivity contribution >= 4 is 55.5 Å². The Morgan fingerprint density at radius 1 is 0.645 bits per heavy atom. The molecule has 7 heteroatoms. The summed E-state index contributed by atoms with van der Waals surface area (Å²) >= 11 is 0. The number of carboxylic acid groups (broad SMARTS) is 2. The third-order valence-corrected chi connectivity index (χ3v) is 5.20. The molecular weight excluding hydrogens is 424 g/mol. The molecule has 178 valence electrons. The second kappa shape index (κ2) is 26.1. The van der Waals surface area contributed by atoms with Gasteiger partial charge in [-0.25, -0.2) is 0 Å². The average molecular weight is 469 g/mol. The minimum atomic E-state index is -1.44. The summed E-state index contributed by atoms with van der Waals surface area (Å²) in [5.41, 5.74) is 0. The molecule has 0 radical (unpaired) electrons. The minimum absolute atomic E-state index is 0. The number of aliphatic carboxylic acids is 2. The Bertz CT molecular complexity index is 440. The maximum atomic E-state index is 11.5. The predicted molar refractivity (Wildman–Crippen MR) is 121 cm³/mol. The number of hydrogen-bond acceptors (Lipinski definition) is 6. The van der Waals surface area contributed by atoms with Crippen LogP contribution in [0.2, 0.25) is 0 Å². The van der Waals surface area contributed by atoms with Gasteiger partial charge in [0.1, 0.15) is 5.78 Å². The summed E-state index contributed by atoms with van der Waals surface area (Å²) in [6.07, 6.45) is 18.4. The molecule has 0 aliphatic carbocycles. The van der Waals surface area contributed by atoms with Gasteiger partial charge >= 0.3 is 37.7 Å². The van der Waals surface area contributed by atoms with Crippen molar-refractivity contribution in [2.24, 2.45) is 5.92 Å². The summed E-state index contributed by atoms with van der Waals surface area (Å²) in [5.74, 6) is -3.82. The van der Waals surface area contributed by atoms with Crippen LogP contribution in [-0.2, 0) is 14.4 Å². The standard InChI is InChI=1S/C21H40O3.C3H6O3.Ca/c1-3-4-5-6-7-8-9-10-11-12-13-14-15-16-17-18-20(22)19(2)21(23)24;1-2(4)3(5)6;/h19H,3-18H2,1-2H3,(H,23,24);2,4H,1H3,(H,5,6);/q;;+2/p-2. The first-order valence-electron chi connectivity index (χ1n) is 11.9. The number of aliphatic hydroxyl groups is 1. The second-order valence-corrected chi connectivity index (χ2v) is 8.20. The average Bonchev–Trinajstić information content (AvgIpc) is 2.70. The Balaban J connectivity index is -0.000000976. The Labute approximate surface area is 219 Å². The van der Waals surface area contributed by atoms with Gasteiger partial charge in [-0.2, -0.15) is 0 Å². The molecule has 0 amide bonds. The van der Waals surface area contributed by atoms with E-state index in [1.165, 1.54) is 84.0 Å². The zero-order valence-electron chi connectivity index (χ0n) is 20.2. The molecule has 0 aromatic carbocycles. The zero-order chi connectivity index (χ0) is 23.2. The quantitative estimate of drug-likeness (QED) is 0.177. The number of unbranched alkanes of at least 4 members (excludes halogenated alkanes) is 14. The molecule has 0 heterocycles. The predicted octanol–water partition coefficient (Wildman–Crippen LogP) is 2.94. The minimum Gasteiger partial charge on any atom is -0.549 e. The topological polar surface area (TPSA) is 118 Å². The molecular formula is C24H44CaO6. The van der Waals surface area contributed by atoms with E-state index in [4.69, 9.17) is 5.11 Å². The fourth-order valence-corrected chi connectivity index (χ4v) is 3.02. The van der Waals surface area contributed by atoms with Crippen LogP contribution in [0.5, 0.6) is 0 Å². The largest absolute Gasteiger partial charge is 2.00 e. The number of rotatable bonds is 19. The van der Waals surface area contributed by atoms with Crippen molar-refractivity contribution in [2.75, 3.05) is 0 Å². The second-order valence-electron chi connectivity index (χ2n) is 8.20. The number of carboxylic acids is 2. The van der Waals surface area contributed by atoms with E-state index in [0.717, 1.165) is 26.2 Å². The smallest absolute Gasteiger partial charge is 0.549 e. The van der Waals surface area contributed by atoms with Crippen LogP contribution in [0.4, 0.5) is 0 Å². The summed E-state index contributed by atoms with van der Waals surface area (Å²) in [4.78, 5) is 31.4. The normalized spacial score (nSPS) is 12.1. The first-order chi connectivity index (χ1) is 14.2. The van der Waals surface area contributed by atoms with E-state index in [9.17, 15) is 24.6 Å². The van der Waals surface area contributed by atoms with Gasteiger partial charge in [-0.3, -0.25) is 4.79 Å². The van der Waals surface area contributed by atoms with Gasteiger partial charge in [0.05, 0.1) is 24.0 Å². The van der Waals surface area contributed by atoms with Gasteiger partial charge in [0, 0.05) is 6.42 Å². The van der Waals surface area contributed by atoms with Crippen LogP contribution in [0.25, 0.3) is 0 Å². The number of Topliss-reactive ketones (excluding diaryl/α,β-unsaturated/α-hetero) is 1. The van der Waals surface area contributed by atoms with Gasteiger partial charge in [-0.1, -0.05) is 104 Å². The Morgan fingerprint density at radius 2 is 0.935 bits per heavy atom. The maximum Gasteiger partial charge on any atom is 2.00 e. The monoisotopic (exact) mass is 468 g/mol. The zero-order valence-corrected chi connectivity index (χ0v) is 22.4. The van der Waals surface area contributed by atoms with Crippen molar-refractivity contribution < 1.29 is 29.7 Å². The van der Waals surface area contributed by atoms with Gasteiger partial charge in [0.15, 0.2) is 0 Å². The third-order valence-electron chi connectivity index (χ3n) is 5.20. The molecule has 0 aliphatic heterocycles. The van der Waals surface area contributed by atoms with Crippen LogP contribution in [0, 0.1) is 5.92 Å². The Kier molecular flexibility index (Phi) is 29.8. The van der Waals surface area contributed by atoms with E-state index in [0.29, 0.717) is 6.42 Å². The third kappa shape index (κ3) is 27.8. The summed E-state index contributed by atoms with van der Waals surface area (Å²) in [6.45, 7) is 4.81. The molecule has 31 heavy (non-hydrogen) atoms. The summed E-state index contributed by atoms with van der Waals surface area (Å²) < 4.78 is 0. The number of aliphatic hydroxyl groups excluding tert-OH is 1. The molecule has 0 aliphatic rings. The first-order valence-corrected chi connectivity index (χ1v) is 11.9. The molecule has 0 rings (SSSR count). The van der Waals surface area contributed by atoms with E-state index < -0.39 is 24.0 Å². The molecule has 0 aromatic heterocycles. The van der Waals surface area contributed by atoms with Crippen LogP contribution >= 0.6 is 0 Å². The molecule has 6 nitrogen and oxygen atoms in total. The first kappa shape index (κ1) is 35.4. The SMILES string of the molecule is CC(O)C(=O)[O-].CCCCCCCCCCCCCCCCCC(=O)C(C)C(=O)[O-].[Ca+2]. The molecule has 0 saturated heterocycles. The molecule has 0 spiro atoms. The van der Waals surface area contributed by atoms with E-state index >= 15 is 0 Å². The van der Waals surface area contributed by atoms with Crippen LogP contribution in [0.1, 0.15) is 124 Å². The van der Waals surface area contributed by atoms with Crippen molar-refractivity contribution in [1.29, 1.82) is 0 Å². The van der Waals surface area contributed by atoms with Crippen molar-refractivity contribution in [1.82, 2.24) is 0 Å². The van der Waals surface area contributed by atoms with Gasteiger partial charge < -0.3 is 24.9 Å². The van der Waals surface area contributed by atoms with E-state index in [2.05, 4.69) is 6.92 Å². The van der Waals surface area contributed by atoms with Crippen molar-refractivity contribution in [3.8, 4) is 0 Å². The molecule has 2 atom stereocenters. The number of hydrogen-bond donors (Lipinski definition) is 1. The number of carbonyl (C=O) groups excluding carboxylic acids is 3. The van der Waals surface area contributed by atoms with Crippen LogP contribution in [0.3, 0.4) is 0 Å². The number of ketones is 1. The fourth-order valence-electron chi connectivity index (χ4n) is 3.02. The molecule has 2 unspecified atom stereocenters. The summed E-state index contributed by atoms with van der Waals surface area (Å²) in [6, 6.07) is 0. The molecule has 1 N–H and O–H groups in total. The van der Waals surface area contributed by atoms with Crippen molar-refractivity contribution in [3.05, 3.63) is 0 Å². The summed E-state index contributed by atoms with van der Waals surface area (Å²) in [7, 11) is 0. The molecule has 0 fully saturated rings. The summed E-state index contributed by atoms with van der Waals surface area (Å²) in [5, 5.41) is 27.9. The Morgan fingerprint density at radius 3 is 1.19 bits per heavy atom. The van der Waals surface area contributed by atoms with Gasteiger partial charge in [-0.15, -0.1) is 0 Å². The molecule has 0 bridgehead atoms. The van der Waals surface area contributed by atoms with Gasteiger partial charge in [0.25, 0.3) is 0 Å². The maximum absolute atomic E-state index is 11.5. The Hall–Kier alpha value is -0.170. The van der Waals surface area contributed by atoms with Crippen LogP contribution in [0.15, 0.2) is 0 Å². The van der Waals surface area contributed by atoms with E-state index in [1.807, 2.05) is 0 Å². The van der Waals surface area contributed by atoms with Crippen LogP contribution in [-0.4, -0.2) is 66.7 Å².